The molecule has 2 aromatic rings. The van der Waals surface area contributed by atoms with E-state index in [1.807, 2.05) is 19.1 Å². The van der Waals surface area contributed by atoms with Gasteiger partial charge in [0, 0.05) is 17.6 Å². The Morgan fingerprint density at radius 3 is 2.62 bits per heavy atom. The zero-order valence-electron chi connectivity index (χ0n) is 14.1. The molecule has 5 heteroatoms. The second kappa shape index (κ2) is 9.50. The fraction of sp³-hybridized carbons (Fsp3) is 0.368. The molecule has 0 aliphatic heterocycles. The van der Waals surface area contributed by atoms with Gasteiger partial charge in [-0.2, -0.15) is 0 Å². The molecule has 0 amide bonds. The van der Waals surface area contributed by atoms with Gasteiger partial charge in [0.25, 0.3) is 0 Å². The summed E-state index contributed by atoms with van der Waals surface area (Å²) in [4.78, 5) is 0. The summed E-state index contributed by atoms with van der Waals surface area (Å²) < 4.78 is 24.6. The van der Waals surface area contributed by atoms with Crippen LogP contribution in [0.15, 0.2) is 36.4 Å². The molecule has 0 spiro atoms. The van der Waals surface area contributed by atoms with E-state index in [9.17, 15) is 4.39 Å². The van der Waals surface area contributed by atoms with E-state index in [-0.39, 0.29) is 5.82 Å². The average molecular weight is 352 g/mol. The molecular weight excluding hydrogens is 329 g/mol. The molecule has 0 aliphatic rings. The molecule has 0 saturated carbocycles. The maximum absolute atomic E-state index is 13.6. The summed E-state index contributed by atoms with van der Waals surface area (Å²) in [6, 6.07) is 10.5. The van der Waals surface area contributed by atoms with Crippen molar-refractivity contribution in [2.24, 2.45) is 0 Å². The van der Waals surface area contributed by atoms with Gasteiger partial charge in [0.15, 0.2) is 11.5 Å². The summed E-state index contributed by atoms with van der Waals surface area (Å²) >= 11 is 6.32. The van der Waals surface area contributed by atoms with Gasteiger partial charge < -0.3 is 14.8 Å². The van der Waals surface area contributed by atoms with Crippen molar-refractivity contribution in [3.8, 4) is 11.5 Å². The van der Waals surface area contributed by atoms with Crippen LogP contribution in [-0.2, 0) is 13.0 Å². The molecule has 3 nitrogen and oxygen atoms in total. The number of hydrogen-bond acceptors (Lipinski definition) is 3. The smallest absolute Gasteiger partial charge is 0.162 e. The first-order chi connectivity index (χ1) is 11.7. The number of halogens is 2. The number of benzene rings is 2. The summed E-state index contributed by atoms with van der Waals surface area (Å²) in [5.41, 5.74) is 1.63. The summed E-state index contributed by atoms with van der Waals surface area (Å²) in [5, 5.41) is 3.91. The van der Waals surface area contributed by atoms with Gasteiger partial charge in [0.2, 0.25) is 0 Å². The molecule has 2 aromatic carbocycles. The molecule has 0 heterocycles. The van der Waals surface area contributed by atoms with Crippen LogP contribution in [-0.4, -0.2) is 20.3 Å². The minimum Gasteiger partial charge on any atom is -0.493 e. The van der Waals surface area contributed by atoms with E-state index in [1.54, 1.807) is 25.3 Å². The SMILES string of the molecule is CCCOc1cc(Cl)c(CNCCc2ccccc2F)cc1OC. The fourth-order valence-electron chi connectivity index (χ4n) is 2.34. The van der Waals surface area contributed by atoms with Crippen LogP contribution in [0.4, 0.5) is 4.39 Å². The Bertz CT molecular complexity index is 664. The maximum atomic E-state index is 13.6. The third kappa shape index (κ3) is 5.11. The Kier molecular flexibility index (Phi) is 7.35. The monoisotopic (exact) mass is 351 g/mol. The first-order valence-electron chi connectivity index (χ1n) is 8.09. The molecule has 0 atom stereocenters. The highest BCUT2D eigenvalue weighted by Crippen LogP contribution is 2.33. The van der Waals surface area contributed by atoms with E-state index in [4.69, 9.17) is 21.1 Å². The molecule has 130 valence electrons. The molecule has 0 fully saturated rings. The third-order valence-corrected chi connectivity index (χ3v) is 3.99. The van der Waals surface area contributed by atoms with E-state index >= 15 is 0 Å². The van der Waals surface area contributed by atoms with E-state index in [2.05, 4.69) is 5.32 Å². The molecule has 0 bridgehead atoms. The van der Waals surface area contributed by atoms with Crippen LogP contribution >= 0.6 is 11.6 Å². The Morgan fingerprint density at radius 1 is 1.12 bits per heavy atom. The van der Waals surface area contributed by atoms with E-state index in [1.165, 1.54) is 6.07 Å². The van der Waals surface area contributed by atoms with Crippen molar-refractivity contribution in [2.45, 2.75) is 26.3 Å². The van der Waals surface area contributed by atoms with Gasteiger partial charge in [-0.1, -0.05) is 36.7 Å². The van der Waals surface area contributed by atoms with E-state index in [0.29, 0.717) is 48.2 Å². The van der Waals surface area contributed by atoms with Crippen molar-refractivity contribution in [1.29, 1.82) is 0 Å². The Labute approximate surface area is 147 Å². The van der Waals surface area contributed by atoms with Gasteiger partial charge in [0.1, 0.15) is 5.82 Å². The van der Waals surface area contributed by atoms with E-state index in [0.717, 1.165) is 12.0 Å². The first-order valence-corrected chi connectivity index (χ1v) is 8.46. The predicted octanol–water partition coefficient (Wildman–Crippen LogP) is 4.61. The Morgan fingerprint density at radius 2 is 1.92 bits per heavy atom. The number of hydrogen-bond donors (Lipinski definition) is 1. The van der Waals surface area contributed by atoms with Crippen molar-refractivity contribution >= 4 is 11.6 Å². The zero-order valence-corrected chi connectivity index (χ0v) is 14.8. The van der Waals surface area contributed by atoms with Crippen LogP contribution < -0.4 is 14.8 Å². The average Bonchev–Trinajstić information content (AvgIpc) is 2.59. The van der Waals surface area contributed by atoms with Gasteiger partial charge in [-0.05, 0) is 42.6 Å². The second-order valence-electron chi connectivity index (χ2n) is 5.46. The summed E-state index contributed by atoms with van der Waals surface area (Å²) in [6.07, 6.45) is 1.54. The van der Waals surface area contributed by atoms with Crippen LogP contribution in [0.5, 0.6) is 11.5 Å². The molecular formula is C19H23ClFNO2. The Balaban J connectivity index is 1.93. The largest absolute Gasteiger partial charge is 0.493 e. The lowest BCUT2D eigenvalue weighted by Crippen LogP contribution is -2.17. The highest BCUT2D eigenvalue weighted by atomic mass is 35.5. The van der Waals surface area contributed by atoms with E-state index < -0.39 is 0 Å². The fourth-order valence-corrected chi connectivity index (χ4v) is 2.56. The van der Waals surface area contributed by atoms with Crippen LogP contribution in [0.3, 0.4) is 0 Å². The van der Waals surface area contributed by atoms with Crippen molar-refractivity contribution in [3.63, 3.8) is 0 Å². The molecule has 0 aliphatic carbocycles. The van der Waals surface area contributed by atoms with Gasteiger partial charge in [0.05, 0.1) is 13.7 Å². The quantitative estimate of drug-likeness (QED) is 0.669. The lowest BCUT2D eigenvalue weighted by atomic mass is 10.1. The third-order valence-electron chi connectivity index (χ3n) is 3.64. The molecule has 24 heavy (non-hydrogen) atoms. The number of methoxy groups -OCH3 is 1. The standard InChI is InChI=1S/C19H23ClFNO2/c1-3-10-24-19-12-16(20)15(11-18(19)23-2)13-22-9-8-14-6-4-5-7-17(14)21/h4-7,11-12,22H,3,8-10,13H2,1-2H3. The van der Waals surface area contributed by atoms with Gasteiger partial charge in [-0.25, -0.2) is 4.39 Å². The van der Waals surface area contributed by atoms with Gasteiger partial charge in [-0.3, -0.25) is 0 Å². The van der Waals surface area contributed by atoms with Crippen LogP contribution in [0.2, 0.25) is 5.02 Å². The highest BCUT2D eigenvalue weighted by Gasteiger charge is 2.10. The summed E-state index contributed by atoms with van der Waals surface area (Å²) in [5.74, 6) is 1.15. The first kappa shape index (κ1) is 18.6. The van der Waals surface area contributed by atoms with Gasteiger partial charge >= 0.3 is 0 Å². The summed E-state index contributed by atoms with van der Waals surface area (Å²) in [7, 11) is 1.61. The normalized spacial score (nSPS) is 10.7. The number of ether oxygens (including phenoxy) is 2. The lowest BCUT2D eigenvalue weighted by Gasteiger charge is -2.14. The van der Waals surface area contributed by atoms with Crippen molar-refractivity contribution < 1.29 is 13.9 Å². The molecule has 0 aromatic heterocycles. The minimum absolute atomic E-state index is 0.170. The minimum atomic E-state index is -0.170. The van der Waals surface area contributed by atoms with Crippen molar-refractivity contribution in [2.75, 3.05) is 20.3 Å². The molecule has 0 saturated heterocycles. The van der Waals surface area contributed by atoms with Crippen LogP contribution in [0.1, 0.15) is 24.5 Å². The Hall–Kier alpha value is -1.78. The van der Waals surface area contributed by atoms with Gasteiger partial charge in [-0.15, -0.1) is 0 Å². The number of rotatable bonds is 9. The number of nitrogens with one attached hydrogen (secondary N) is 1. The van der Waals surface area contributed by atoms with Crippen molar-refractivity contribution in [3.05, 3.63) is 58.4 Å². The van der Waals surface area contributed by atoms with Crippen LogP contribution in [0, 0.1) is 5.82 Å². The summed E-state index contributed by atoms with van der Waals surface area (Å²) in [6.45, 7) is 3.90. The molecule has 0 unspecified atom stereocenters. The molecule has 2 rings (SSSR count). The molecule has 1 N–H and O–H groups in total. The van der Waals surface area contributed by atoms with Crippen molar-refractivity contribution in [1.82, 2.24) is 5.32 Å². The second-order valence-corrected chi connectivity index (χ2v) is 5.87. The molecule has 0 radical (unpaired) electrons. The van der Waals surface area contributed by atoms with Crippen LogP contribution in [0.25, 0.3) is 0 Å². The zero-order chi connectivity index (χ0) is 17.4. The topological polar surface area (TPSA) is 30.5 Å². The predicted molar refractivity (Wildman–Crippen MR) is 95.6 cm³/mol. The maximum Gasteiger partial charge on any atom is 0.162 e. The lowest BCUT2D eigenvalue weighted by molar-refractivity contribution is 0.294. The highest BCUT2D eigenvalue weighted by molar-refractivity contribution is 6.31.